The van der Waals surface area contributed by atoms with Crippen molar-refractivity contribution in [3.63, 3.8) is 0 Å². The number of amides is 1. The lowest BCUT2D eigenvalue weighted by Crippen LogP contribution is -2.36. The van der Waals surface area contributed by atoms with Crippen LogP contribution < -0.4 is 5.73 Å². The Hall–Kier alpha value is -2.86. The monoisotopic (exact) mass is 535 g/mol. The maximum atomic E-state index is 13.5. The van der Waals surface area contributed by atoms with Crippen LogP contribution in [0.25, 0.3) is 17.0 Å². The number of thioether (sulfide) groups is 1. The maximum Gasteiger partial charge on any atom is 0.416 e. The fourth-order valence-electron chi connectivity index (χ4n) is 4.47. The SMILES string of the molecule is N[C@@H]1C[C@H](CO)N(C2=NC(=O)/C(=C/c3ccc4c(cnn4Cc4ccc(Cl)cc4C(F)(F)F)c3)S2)C1. The molecular weight excluding hydrogens is 515 g/mol. The van der Waals surface area contributed by atoms with E-state index in [-0.39, 0.29) is 41.7 Å². The maximum absolute atomic E-state index is 13.5. The Morgan fingerprint density at radius 3 is 2.81 bits per heavy atom. The van der Waals surface area contributed by atoms with E-state index in [1.165, 1.54) is 28.6 Å². The van der Waals surface area contributed by atoms with Crippen LogP contribution in [0.3, 0.4) is 0 Å². The molecule has 36 heavy (non-hydrogen) atoms. The number of aromatic nitrogens is 2. The first-order valence-electron chi connectivity index (χ1n) is 11.1. The highest BCUT2D eigenvalue weighted by atomic mass is 35.5. The summed E-state index contributed by atoms with van der Waals surface area (Å²) in [7, 11) is 0. The molecule has 3 heterocycles. The van der Waals surface area contributed by atoms with E-state index in [4.69, 9.17) is 17.3 Å². The third-order valence-electron chi connectivity index (χ3n) is 6.17. The van der Waals surface area contributed by atoms with Crippen molar-refractivity contribution in [2.75, 3.05) is 13.2 Å². The van der Waals surface area contributed by atoms with Gasteiger partial charge in [-0.15, -0.1) is 0 Å². The van der Waals surface area contributed by atoms with E-state index in [2.05, 4.69) is 10.1 Å². The van der Waals surface area contributed by atoms with Crippen LogP contribution in [0, 0.1) is 0 Å². The van der Waals surface area contributed by atoms with Crippen LogP contribution >= 0.6 is 23.4 Å². The minimum atomic E-state index is -4.54. The van der Waals surface area contributed by atoms with Crippen LogP contribution in [0.1, 0.15) is 23.1 Å². The summed E-state index contributed by atoms with van der Waals surface area (Å²) < 4.78 is 41.9. The number of hydrogen-bond donors (Lipinski definition) is 2. The van der Waals surface area contributed by atoms with E-state index in [9.17, 15) is 23.1 Å². The van der Waals surface area contributed by atoms with Crippen LogP contribution in [0.4, 0.5) is 13.2 Å². The summed E-state index contributed by atoms with van der Waals surface area (Å²) in [4.78, 5) is 19.0. The number of carbonyl (C=O) groups is 1. The van der Waals surface area contributed by atoms with Gasteiger partial charge in [-0.1, -0.05) is 23.7 Å². The van der Waals surface area contributed by atoms with Gasteiger partial charge in [-0.05, 0) is 59.7 Å². The number of amidine groups is 1. The third kappa shape index (κ3) is 4.88. The van der Waals surface area contributed by atoms with E-state index in [0.29, 0.717) is 33.9 Å². The fourth-order valence-corrected chi connectivity index (χ4v) is 5.63. The zero-order valence-corrected chi connectivity index (χ0v) is 20.3. The number of aliphatic imine (C=N–C) groups is 1. The van der Waals surface area contributed by atoms with Crippen LogP contribution in [-0.2, 0) is 17.5 Å². The van der Waals surface area contributed by atoms with Gasteiger partial charge in [-0.25, -0.2) is 0 Å². The Bertz CT molecular complexity index is 1400. The van der Waals surface area contributed by atoms with Crippen molar-refractivity contribution in [2.45, 2.75) is 31.2 Å². The number of nitrogens with two attached hydrogens (primary N) is 1. The predicted molar refractivity (Wildman–Crippen MR) is 133 cm³/mol. The number of likely N-dealkylation sites (tertiary alicyclic amines) is 1. The van der Waals surface area contributed by atoms with Crippen molar-refractivity contribution in [1.82, 2.24) is 14.7 Å². The normalized spacial score (nSPS) is 21.7. The molecule has 0 bridgehead atoms. The van der Waals surface area contributed by atoms with Crippen LogP contribution in [0.5, 0.6) is 0 Å². The Kier molecular flexibility index (Phi) is 6.58. The fraction of sp³-hybridized carbons (Fsp3) is 0.292. The Labute approximate surface area is 213 Å². The average Bonchev–Trinajstić information content (AvgIpc) is 3.51. The molecule has 12 heteroatoms. The highest BCUT2D eigenvalue weighted by molar-refractivity contribution is 8.18. The molecule has 3 aromatic rings. The van der Waals surface area contributed by atoms with Crippen molar-refractivity contribution < 1.29 is 23.1 Å². The first kappa shape index (κ1) is 24.8. The number of alkyl halides is 3. The van der Waals surface area contributed by atoms with Gasteiger partial charge in [-0.3, -0.25) is 9.48 Å². The lowest BCUT2D eigenvalue weighted by atomic mass is 10.1. The van der Waals surface area contributed by atoms with Crippen molar-refractivity contribution in [2.24, 2.45) is 10.7 Å². The van der Waals surface area contributed by atoms with E-state index >= 15 is 0 Å². The van der Waals surface area contributed by atoms with Gasteiger partial charge in [0.25, 0.3) is 5.91 Å². The minimum Gasteiger partial charge on any atom is -0.394 e. The number of hydrogen-bond acceptors (Lipinski definition) is 6. The zero-order chi connectivity index (χ0) is 25.6. The van der Waals surface area contributed by atoms with Gasteiger partial charge < -0.3 is 15.7 Å². The average molecular weight is 536 g/mol. The topological polar surface area (TPSA) is 96.7 Å². The Morgan fingerprint density at radius 1 is 1.25 bits per heavy atom. The molecule has 1 fully saturated rings. The largest absolute Gasteiger partial charge is 0.416 e. The van der Waals surface area contributed by atoms with Gasteiger partial charge in [0.15, 0.2) is 5.17 Å². The van der Waals surface area contributed by atoms with E-state index in [1.54, 1.807) is 24.4 Å². The minimum absolute atomic E-state index is 0.0139. The summed E-state index contributed by atoms with van der Waals surface area (Å²) in [6.45, 7) is 0.375. The molecule has 2 aliphatic heterocycles. The first-order valence-corrected chi connectivity index (χ1v) is 12.3. The molecule has 3 N–H and O–H groups in total. The molecule has 2 aliphatic rings. The van der Waals surface area contributed by atoms with E-state index < -0.39 is 11.7 Å². The molecule has 0 unspecified atom stereocenters. The standard InChI is InChI=1S/C24H21ClF3N5O2S/c25-16-3-2-14(19(7-16)24(26,27)28)10-33-20-4-1-13(5-15(20)9-30-33)6-21-22(35)31-23(36-21)32-11-17(29)8-18(32)12-34/h1-7,9,17-18,34H,8,10-12,29H2/b21-6-/t17-,18-/m1/s1. The summed E-state index contributed by atoms with van der Waals surface area (Å²) in [6.07, 6.45) is -0.620. The van der Waals surface area contributed by atoms with Crippen LogP contribution in [0.2, 0.25) is 5.02 Å². The predicted octanol–water partition coefficient (Wildman–Crippen LogP) is 4.12. The summed E-state index contributed by atoms with van der Waals surface area (Å²) >= 11 is 7.02. The molecule has 0 spiro atoms. The smallest absolute Gasteiger partial charge is 0.394 e. The number of carbonyl (C=O) groups excluding carboxylic acids is 1. The van der Waals surface area contributed by atoms with Gasteiger partial charge in [0.2, 0.25) is 0 Å². The number of rotatable bonds is 4. The summed E-state index contributed by atoms with van der Waals surface area (Å²) in [6, 6.07) is 8.77. The molecule has 1 amide bonds. The highest BCUT2D eigenvalue weighted by Crippen LogP contribution is 2.35. The molecule has 2 atom stereocenters. The zero-order valence-electron chi connectivity index (χ0n) is 18.7. The summed E-state index contributed by atoms with van der Waals surface area (Å²) in [5, 5.41) is 15.1. The second-order valence-electron chi connectivity index (χ2n) is 8.71. The highest BCUT2D eigenvalue weighted by Gasteiger charge is 2.36. The molecule has 5 rings (SSSR count). The lowest BCUT2D eigenvalue weighted by molar-refractivity contribution is -0.138. The van der Waals surface area contributed by atoms with Crippen molar-refractivity contribution in [3.8, 4) is 0 Å². The molecule has 0 saturated carbocycles. The number of aliphatic hydroxyl groups is 1. The lowest BCUT2D eigenvalue weighted by Gasteiger charge is -2.23. The third-order valence-corrected chi connectivity index (χ3v) is 7.43. The van der Waals surface area contributed by atoms with Gasteiger partial charge in [-0.2, -0.15) is 23.3 Å². The second-order valence-corrected chi connectivity index (χ2v) is 10.2. The molecular formula is C24H21ClF3N5O2S. The summed E-state index contributed by atoms with van der Waals surface area (Å²) in [5.41, 5.74) is 6.65. The molecule has 2 aromatic carbocycles. The van der Waals surface area contributed by atoms with Crippen LogP contribution in [-0.4, -0.2) is 56.1 Å². The summed E-state index contributed by atoms with van der Waals surface area (Å²) in [5.74, 6) is -0.370. The van der Waals surface area contributed by atoms with E-state index in [0.717, 1.165) is 11.6 Å². The number of fused-ring (bicyclic) bond motifs is 1. The Balaban J connectivity index is 1.37. The van der Waals surface area contributed by atoms with Gasteiger partial charge in [0.05, 0.1) is 41.4 Å². The van der Waals surface area contributed by atoms with Gasteiger partial charge in [0, 0.05) is 23.0 Å². The van der Waals surface area contributed by atoms with Crippen molar-refractivity contribution in [1.29, 1.82) is 0 Å². The van der Waals surface area contributed by atoms with Gasteiger partial charge >= 0.3 is 6.18 Å². The quantitative estimate of drug-likeness (QED) is 0.488. The molecule has 1 saturated heterocycles. The van der Waals surface area contributed by atoms with Crippen molar-refractivity contribution >= 4 is 51.4 Å². The van der Waals surface area contributed by atoms with Crippen LogP contribution in [0.15, 0.2) is 52.5 Å². The molecule has 0 aliphatic carbocycles. The number of aliphatic hydroxyl groups excluding tert-OH is 1. The molecule has 7 nitrogen and oxygen atoms in total. The second kappa shape index (κ2) is 9.55. The Morgan fingerprint density at radius 2 is 2.06 bits per heavy atom. The van der Waals surface area contributed by atoms with Crippen molar-refractivity contribution in [3.05, 3.63) is 69.2 Å². The molecule has 0 radical (unpaired) electrons. The van der Waals surface area contributed by atoms with E-state index in [1.807, 2.05) is 11.0 Å². The molecule has 188 valence electrons. The first-order chi connectivity index (χ1) is 17.1. The number of benzene rings is 2. The molecule has 1 aromatic heterocycles. The number of halogens is 4. The number of nitrogens with zero attached hydrogens (tertiary/aromatic N) is 4. The van der Waals surface area contributed by atoms with Gasteiger partial charge in [0.1, 0.15) is 0 Å².